The summed E-state index contributed by atoms with van der Waals surface area (Å²) >= 11 is 3.55. The molecular weight excluding hydrogens is 532 g/mol. The van der Waals surface area contributed by atoms with Crippen LogP contribution in [0.15, 0.2) is 34.9 Å². The van der Waals surface area contributed by atoms with E-state index < -0.39 is 0 Å². The molecule has 2 aromatic rings. The molecule has 0 radical (unpaired) electrons. The van der Waals surface area contributed by atoms with Crippen molar-refractivity contribution in [3.63, 3.8) is 0 Å². The highest BCUT2D eigenvalue weighted by Gasteiger charge is 2.33. The Morgan fingerprint density at radius 1 is 1.19 bits per heavy atom. The number of benzene rings is 1. The molecule has 9 nitrogen and oxygen atoms in total. The van der Waals surface area contributed by atoms with Crippen molar-refractivity contribution < 1.29 is 4.79 Å². The standard InChI is InChI=1S/C27H37BrN8O/c1-18(2)31-26(37)22-6-5-7-24(22)34-25-23(28)16-30-27(35-25)33-20-10-8-19(9-11-20)32-21-12-15-36(17-21)14-4-3-13-29/h8-11,16,18,21-22,24,32H,3-7,12,14-15,17H2,1-2H3,(H,31,37)(H2,30,33,34,35)/t21-,22+,24-/m1/s1. The van der Waals surface area contributed by atoms with Crippen molar-refractivity contribution in [1.29, 1.82) is 5.26 Å². The Hall–Kier alpha value is -2.90. The molecule has 3 atom stereocenters. The minimum absolute atomic E-state index is 0.0426. The van der Waals surface area contributed by atoms with Crippen LogP contribution in [0, 0.1) is 17.2 Å². The summed E-state index contributed by atoms with van der Waals surface area (Å²) in [5, 5.41) is 22.2. The minimum atomic E-state index is -0.0646. The van der Waals surface area contributed by atoms with Crippen LogP contribution in [0.3, 0.4) is 0 Å². The zero-order valence-corrected chi connectivity index (χ0v) is 23.2. The summed E-state index contributed by atoms with van der Waals surface area (Å²) in [5.74, 6) is 1.22. The van der Waals surface area contributed by atoms with Crippen LogP contribution in [0.4, 0.5) is 23.1 Å². The number of rotatable bonds is 11. The molecule has 0 unspecified atom stereocenters. The van der Waals surface area contributed by atoms with Gasteiger partial charge in [0.15, 0.2) is 0 Å². The first kappa shape index (κ1) is 27.1. The van der Waals surface area contributed by atoms with Crippen molar-refractivity contribution in [2.24, 2.45) is 5.92 Å². The monoisotopic (exact) mass is 568 g/mol. The summed E-state index contributed by atoms with van der Waals surface area (Å²) in [5.41, 5.74) is 1.99. The number of likely N-dealkylation sites (tertiary alicyclic amines) is 1. The number of amides is 1. The van der Waals surface area contributed by atoms with Gasteiger partial charge in [0.05, 0.1) is 16.5 Å². The second-order valence-corrected chi connectivity index (χ2v) is 11.1. The van der Waals surface area contributed by atoms with E-state index in [0.29, 0.717) is 24.2 Å². The largest absolute Gasteiger partial charge is 0.381 e. The summed E-state index contributed by atoms with van der Waals surface area (Å²) in [7, 11) is 0. The summed E-state index contributed by atoms with van der Waals surface area (Å²) in [4.78, 5) is 24.1. The number of unbranched alkanes of at least 4 members (excludes halogenated alkanes) is 1. The number of carbonyl (C=O) groups excluding carboxylic acids is 1. The first-order valence-electron chi connectivity index (χ1n) is 13.2. The van der Waals surface area contributed by atoms with Crippen molar-refractivity contribution >= 4 is 45.0 Å². The first-order valence-corrected chi connectivity index (χ1v) is 14.0. The van der Waals surface area contributed by atoms with Gasteiger partial charge >= 0.3 is 0 Å². The Kier molecular flexibility index (Phi) is 9.58. The van der Waals surface area contributed by atoms with E-state index in [2.05, 4.69) is 70.3 Å². The number of halogens is 1. The smallest absolute Gasteiger partial charge is 0.229 e. The van der Waals surface area contributed by atoms with Gasteiger partial charge in [0.2, 0.25) is 11.9 Å². The predicted octanol–water partition coefficient (Wildman–Crippen LogP) is 4.88. The fourth-order valence-corrected chi connectivity index (χ4v) is 5.40. The van der Waals surface area contributed by atoms with E-state index in [-0.39, 0.29) is 23.9 Å². The van der Waals surface area contributed by atoms with Gasteiger partial charge < -0.3 is 26.2 Å². The molecule has 37 heavy (non-hydrogen) atoms. The van der Waals surface area contributed by atoms with Gasteiger partial charge in [-0.15, -0.1) is 0 Å². The first-order chi connectivity index (χ1) is 17.9. The lowest BCUT2D eigenvalue weighted by molar-refractivity contribution is -0.125. The third-order valence-electron chi connectivity index (χ3n) is 6.90. The van der Waals surface area contributed by atoms with Crippen LogP contribution in [-0.2, 0) is 4.79 Å². The van der Waals surface area contributed by atoms with Crippen molar-refractivity contribution in [2.45, 2.75) is 70.5 Å². The number of anilines is 4. The second-order valence-electron chi connectivity index (χ2n) is 10.2. The van der Waals surface area contributed by atoms with Gasteiger partial charge in [-0.1, -0.05) is 6.42 Å². The molecule has 1 aliphatic heterocycles. The van der Waals surface area contributed by atoms with Crippen molar-refractivity contribution in [3.8, 4) is 6.07 Å². The molecule has 1 amide bonds. The summed E-state index contributed by atoms with van der Waals surface area (Å²) in [6.07, 6.45) is 7.23. The maximum atomic E-state index is 12.6. The Labute approximate surface area is 228 Å². The molecule has 1 aromatic heterocycles. The molecule has 198 valence electrons. The molecule has 1 aromatic carbocycles. The van der Waals surface area contributed by atoms with Gasteiger partial charge in [-0.3, -0.25) is 4.79 Å². The van der Waals surface area contributed by atoms with Crippen molar-refractivity contribution in [1.82, 2.24) is 20.2 Å². The Balaban J connectivity index is 1.32. The highest BCUT2D eigenvalue weighted by Crippen LogP contribution is 2.31. The van der Waals surface area contributed by atoms with Gasteiger partial charge in [0, 0.05) is 55.2 Å². The average Bonchev–Trinajstić information content (AvgIpc) is 3.52. The Morgan fingerprint density at radius 2 is 1.97 bits per heavy atom. The van der Waals surface area contributed by atoms with Gasteiger partial charge in [0.25, 0.3) is 0 Å². The van der Waals surface area contributed by atoms with Crippen LogP contribution in [0.5, 0.6) is 0 Å². The van der Waals surface area contributed by atoms with Gasteiger partial charge in [0.1, 0.15) is 5.82 Å². The number of aromatic nitrogens is 2. The number of hydrogen-bond acceptors (Lipinski definition) is 8. The third kappa shape index (κ3) is 7.79. The lowest BCUT2D eigenvalue weighted by Crippen LogP contribution is -2.41. The van der Waals surface area contributed by atoms with E-state index >= 15 is 0 Å². The maximum absolute atomic E-state index is 12.6. The lowest BCUT2D eigenvalue weighted by atomic mass is 10.0. The van der Waals surface area contributed by atoms with Crippen LogP contribution >= 0.6 is 15.9 Å². The molecule has 1 saturated carbocycles. The molecule has 1 saturated heterocycles. The van der Waals surface area contributed by atoms with Crippen LogP contribution in [0.25, 0.3) is 0 Å². The van der Waals surface area contributed by atoms with Crippen LogP contribution < -0.4 is 21.3 Å². The van der Waals surface area contributed by atoms with E-state index in [1.807, 2.05) is 26.0 Å². The average molecular weight is 570 g/mol. The van der Waals surface area contributed by atoms with E-state index in [1.54, 1.807) is 6.20 Å². The fraction of sp³-hybridized carbons (Fsp3) is 0.556. The van der Waals surface area contributed by atoms with Crippen LogP contribution in [0.1, 0.15) is 52.4 Å². The fourth-order valence-electron chi connectivity index (χ4n) is 5.09. The van der Waals surface area contributed by atoms with E-state index in [4.69, 9.17) is 5.26 Å². The molecule has 4 N–H and O–H groups in total. The Morgan fingerprint density at radius 3 is 2.73 bits per heavy atom. The van der Waals surface area contributed by atoms with E-state index in [9.17, 15) is 4.79 Å². The zero-order chi connectivity index (χ0) is 26.2. The number of nitrogens with zero attached hydrogens (tertiary/aromatic N) is 4. The summed E-state index contributed by atoms with van der Waals surface area (Å²) in [6.45, 7) is 7.05. The van der Waals surface area contributed by atoms with E-state index in [0.717, 1.165) is 67.6 Å². The molecule has 2 fully saturated rings. The van der Waals surface area contributed by atoms with Crippen molar-refractivity contribution in [3.05, 3.63) is 34.9 Å². The molecule has 0 bridgehead atoms. The lowest BCUT2D eigenvalue weighted by Gasteiger charge is -2.22. The van der Waals surface area contributed by atoms with Crippen LogP contribution in [-0.4, -0.2) is 58.5 Å². The number of carbonyl (C=O) groups is 1. The number of hydrogen-bond donors (Lipinski definition) is 4. The number of nitrogens with one attached hydrogen (secondary N) is 4. The van der Waals surface area contributed by atoms with Crippen LogP contribution in [0.2, 0.25) is 0 Å². The second kappa shape index (κ2) is 13.1. The SMILES string of the molecule is CC(C)NC(=O)[C@H]1CCC[C@H]1Nc1nc(Nc2ccc(N[C@@H]3CCN(CCCC#N)C3)cc2)ncc1Br. The molecule has 10 heteroatoms. The Bertz CT molecular complexity index is 1090. The maximum Gasteiger partial charge on any atom is 0.229 e. The quantitative estimate of drug-likeness (QED) is 0.283. The third-order valence-corrected chi connectivity index (χ3v) is 7.48. The zero-order valence-electron chi connectivity index (χ0n) is 21.6. The minimum Gasteiger partial charge on any atom is -0.381 e. The summed E-state index contributed by atoms with van der Waals surface area (Å²) < 4.78 is 0.769. The van der Waals surface area contributed by atoms with Crippen molar-refractivity contribution in [2.75, 3.05) is 35.6 Å². The van der Waals surface area contributed by atoms with Gasteiger partial charge in [-0.2, -0.15) is 10.2 Å². The molecule has 0 spiro atoms. The molecule has 1 aliphatic carbocycles. The topological polar surface area (TPSA) is 118 Å². The summed E-state index contributed by atoms with van der Waals surface area (Å²) in [6, 6.07) is 11.0. The van der Waals surface area contributed by atoms with Gasteiger partial charge in [-0.25, -0.2) is 4.98 Å². The molecule has 2 aliphatic rings. The van der Waals surface area contributed by atoms with Gasteiger partial charge in [-0.05, 0) is 86.3 Å². The highest BCUT2D eigenvalue weighted by atomic mass is 79.9. The normalized spacial score (nSPS) is 21.5. The molecular formula is C27H37BrN8O. The molecule has 2 heterocycles. The number of nitriles is 1. The highest BCUT2D eigenvalue weighted by molar-refractivity contribution is 9.10. The van der Waals surface area contributed by atoms with E-state index in [1.165, 1.54) is 0 Å². The predicted molar refractivity (Wildman–Crippen MR) is 151 cm³/mol. The molecule has 4 rings (SSSR count).